The molecule has 43 heavy (non-hydrogen) atoms. The van der Waals surface area contributed by atoms with Crippen LogP contribution >= 0.6 is 0 Å². The van der Waals surface area contributed by atoms with E-state index in [1.54, 1.807) is 29.2 Å². The second-order valence-corrected chi connectivity index (χ2v) is 12.7. The molecule has 0 unspecified atom stereocenters. The second kappa shape index (κ2) is 16.1. The number of nitrogens with one attached hydrogen (secondary N) is 1. The van der Waals surface area contributed by atoms with E-state index in [1.165, 1.54) is 4.31 Å². The summed E-state index contributed by atoms with van der Waals surface area (Å²) in [5.74, 6) is 0.248. The van der Waals surface area contributed by atoms with Crippen LogP contribution in [0.4, 0.5) is 5.69 Å². The highest BCUT2D eigenvalue weighted by molar-refractivity contribution is 7.92. The molecule has 0 saturated heterocycles. The van der Waals surface area contributed by atoms with Gasteiger partial charge in [0.1, 0.15) is 11.8 Å². The summed E-state index contributed by atoms with van der Waals surface area (Å²) in [4.78, 5) is 29.4. The van der Waals surface area contributed by atoms with Crippen LogP contribution in [-0.4, -0.2) is 56.6 Å². The molecule has 0 spiro atoms. The summed E-state index contributed by atoms with van der Waals surface area (Å²) < 4.78 is 32.2. The Kier molecular flexibility index (Phi) is 12.6. The van der Waals surface area contributed by atoms with E-state index in [0.29, 0.717) is 24.5 Å². The number of hydrogen-bond acceptors (Lipinski definition) is 5. The number of anilines is 1. The van der Waals surface area contributed by atoms with Gasteiger partial charge in [0.2, 0.25) is 21.8 Å². The summed E-state index contributed by atoms with van der Waals surface area (Å²) in [6.07, 6.45) is 2.65. The van der Waals surface area contributed by atoms with Gasteiger partial charge in [-0.1, -0.05) is 61.5 Å². The molecule has 1 N–H and O–H groups in total. The smallest absolute Gasteiger partial charge is 0.243 e. The maximum absolute atomic E-state index is 14.0. The van der Waals surface area contributed by atoms with Crippen molar-refractivity contribution in [3.05, 3.63) is 95.6 Å². The molecule has 0 bridgehead atoms. The largest absolute Gasteiger partial charge is 0.494 e. The maximum Gasteiger partial charge on any atom is 0.243 e. The number of nitrogens with zero attached hydrogens (tertiary/aromatic N) is 2. The minimum absolute atomic E-state index is 0.0429. The molecule has 2 amide bonds. The molecule has 0 aliphatic carbocycles. The summed E-state index contributed by atoms with van der Waals surface area (Å²) in [5.41, 5.74) is 3.44. The van der Waals surface area contributed by atoms with Crippen LogP contribution < -0.4 is 14.4 Å². The zero-order chi connectivity index (χ0) is 31.4. The standard InChI is InChI=1S/C34H45N3O5S/c1-6-27(4)35-34(39)32(24-28-15-9-8-10-16-28)36(25-29-17-12-11-14-26(29)3)33(38)18-13-23-37(43(5,40)41)30-19-21-31(22-20-30)42-7-2/h8-12,14-17,19-22,27,32H,6-7,13,18,23-25H2,1-5H3,(H,35,39)/t27-,32-/m0/s1. The first kappa shape index (κ1) is 33.6. The van der Waals surface area contributed by atoms with E-state index in [0.717, 1.165) is 29.4 Å². The second-order valence-electron chi connectivity index (χ2n) is 10.8. The summed E-state index contributed by atoms with van der Waals surface area (Å²) >= 11 is 0. The van der Waals surface area contributed by atoms with Gasteiger partial charge in [-0.3, -0.25) is 13.9 Å². The van der Waals surface area contributed by atoms with Crippen LogP contribution in [0.15, 0.2) is 78.9 Å². The van der Waals surface area contributed by atoms with Gasteiger partial charge in [0.25, 0.3) is 0 Å². The highest BCUT2D eigenvalue weighted by atomic mass is 32.2. The average molecular weight is 608 g/mol. The lowest BCUT2D eigenvalue weighted by Gasteiger charge is -2.33. The summed E-state index contributed by atoms with van der Waals surface area (Å²) in [7, 11) is -3.60. The summed E-state index contributed by atoms with van der Waals surface area (Å²) in [6.45, 7) is 8.73. The highest BCUT2D eigenvalue weighted by Gasteiger charge is 2.31. The molecule has 0 aliphatic heterocycles. The van der Waals surface area contributed by atoms with Crippen molar-refractivity contribution in [3.8, 4) is 5.75 Å². The van der Waals surface area contributed by atoms with E-state index in [2.05, 4.69) is 5.32 Å². The van der Waals surface area contributed by atoms with Gasteiger partial charge in [0, 0.05) is 32.0 Å². The van der Waals surface area contributed by atoms with Crippen LogP contribution in [0, 0.1) is 6.92 Å². The minimum Gasteiger partial charge on any atom is -0.494 e. The third-order valence-corrected chi connectivity index (χ3v) is 8.66. The minimum atomic E-state index is -3.60. The van der Waals surface area contributed by atoms with Crippen LogP contribution in [-0.2, 0) is 32.6 Å². The molecule has 0 aliphatic rings. The van der Waals surface area contributed by atoms with Crippen LogP contribution in [0.5, 0.6) is 5.75 Å². The lowest BCUT2D eigenvalue weighted by atomic mass is 10.0. The van der Waals surface area contributed by atoms with E-state index < -0.39 is 16.1 Å². The van der Waals surface area contributed by atoms with Gasteiger partial charge in [-0.2, -0.15) is 0 Å². The van der Waals surface area contributed by atoms with Crippen LogP contribution in [0.2, 0.25) is 0 Å². The molecule has 0 fully saturated rings. The summed E-state index contributed by atoms with van der Waals surface area (Å²) in [5, 5.41) is 3.08. The number of amides is 2. The predicted octanol–water partition coefficient (Wildman–Crippen LogP) is 5.49. The molecule has 232 valence electrons. The molecule has 0 aromatic heterocycles. The Morgan fingerprint density at radius 2 is 1.58 bits per heavy atom. The predicted molar refractivity (Wildman–Crippen MR) is 173 cm³/mol. The number of rotatable bonds is 16. The van der Waals surface area contributed by atoms with Gasteiger partial charge >= 0.3 is 0 Å². The number of aryl methyl sites for hydroxylation is 1. The molecule has 9 heteroatoms. The van der Waals surface area contributed by atoms with E-state index in [9.17, 15) is 18.0 Å². The van der Waals surface area contributed by atoms with Gasteiger partial charge in [0.05, 0.1) is 18.6 Å². The van der Waals surface area contributed by atoms with Crippen molar-refractivity contribution in [2.45, 2.75) is 72.0 Å². The Balaban J connectivity index is 1.88. The van der Waals surface area contributed by atoms with Gasteiger partial charge in [-0.05, 0) is 74.6 Å². The van der Waals surface area contributed by atoms with Crippen molar-refractivity contribution in [2.75, 3.05) is 23.7 Å². The van der Waals surface area contributed by atoms with Crippen LogP contribution in [0.3, 0.4) is 0 Å². The number of ether oxygens (including phenoxy) is 1. The molecule has 8 nitrogen and oxygen atoms in total. The SMILES string of the molecule is CCOc1ccc(N(CCCC(=O)N(Cc2ccccc2C)[C@@H](Cc2ccccc2)C(=O)N[C@@H](C)CC)S(C)(=O)=O)cc1. The quantitative estimate of drug-likeness (QED) is 0.232. The zero-order valence-electron chi connectivity index (χ0n) is 26.0. The molecule has 0 heterocycles. The fourth-order valence-corrected chi connectivity index (χ4v) is 5.81. The van der Waals surface area contributed by atoms with Crippen molar-refractivity contribution in [3.63, 3.8) is 0 Å². The molecule has 3 aromatic carbocycles. The van der Waals surface area contributed by atoms with Gasteiger partial charge in [-0.25, -0.2) is 8.42 Å². The molecule has 0 saturated carbocycles. The van der Waals surface area contributed by atoms with E-state index >= 15 is 0 Å². The Morgan fingerprint density at radius 1 is 0.930 bits per heavy atom. The maximum atomic E-state index is 14.0. The zero-order valence-corrected chi connectivity index (χ0v) is 26.8. The first-order valence-corrected chi connectivity index (χ1v) is 16.8. The Morgan fingerprint density at radius 3 is 2.19 bits per heavy atom. The van der Waals surface area contributed by atoms with Crippen LogP contribution in [0.25, 0.3) is 0 Å². The lowest BCUT2D eigenvalue weighted by Crippen LogP contribution is -2.52. The highest BCUT2D eigenvalue weighted by Crippen LogP contribution is 2.23. The van der Waals surface area contributed by atoms with Crippen molar-refractivity contribution >= 4 is 27.5 Å². The van der Waals surface area contributed by atoms with Crippen molar-refractivity contribution < 1.29 is 22.7 Å². The van der Waals surface area contributed by atoms with Gasteiger partial charge < -0.3 is 15.0 Å². The summed E-state index contributed by atoms with van der Waals surface area (Å²) in [6, 6.07) is 23.6. The fourth-order valence-electron chi connectivity index (χ4n) is 4.85. The fraction of sp³-hybridized carbons (Fsp3) is 0.412. The topological polar surface area (TPSA) is 96.0 Å². The van der Waals surface area contributed by atoms with E-state index in [-0.39, 0.29) is 43.8 Å². The molecular weight excluding hydrogens is 562 g/mol. The number of carbonyl (C=O) groups is 2. The van der Waals surface area contributed by atoms with Crippen molar-refractivity contribution in [1.29, 1.82) is 0 Å². The first-order valence-electron chi connectivity index (χ1n) is 14.9. The van der Waals surface area contributed by atoms with Crippen LogP contribution in [0.1, 0.15) is 56.7 Å². The molecular formula is C34H45N3O5S. The van der Waals surface area contributed by atoms with E-state index in [1.807, 2.05) is 82.3 Å². The third kappa shape index (κ3) is 10.1. The monoisotopic (exact) mass is 607 g/mol. The average Bonchev–Trinajstić information content (AvgIpc) is 2.98. The van der Waals surface area contributed by atoms with Crippen molar-refractivity contribution in [1.82, 2.24) is 10.2 Å². The lowest BCUT2D eigenvalue weighted by molar-refractivity contribution is -0.141. The van der Waals surface area contributed by atoms with Gasteiger partial charge in [-0.15, -0.1) is 0 Å². The number of hydrogen-bond donors (Lipinski definition) is 1. The molecule has 2 atom stereocenters. The number of benzene rings is 3. The van der Waals surface area contributed by atoms with E-state index in [4.69, 9.17) is 4.74 Å². The Labute approximate surface area is 257 Å². The Hall–Kier alpha value is -3.85. The number of carbonyl (C=O) groups excluding carboxylic acids is 2. The van der Waals surface area contributed by atoms with Crippen molar-refractivity contribution in [2.24, 2.45) is 0 Å². The third-order valence-electron chi connectivity index (χ3n) is 7.46. The normalized spacial score (nSPS) is 12.7. The van der Waals surface area contributed by atoms with Gasteiger partial charge in [0.15, 0.2) is 0 Å². The molecule has 0 radical (unpaired) electrons. The molecule has 3 aromatic rings. The number of sulfonamides is 1. The first-order chi connectivity index (χ1) is 20.5. The molecule has 3 rings (SSSR count). The Bertz CT molecular complexity index is 1430.